The van der Waals surface area contributed by atoms with Crippen LogP contribution in [0, 0.1) is 17.0 Å². The molecular weight excluding hydrogens is 448 g/mol. The molecule has 1 fully saturated rings. The minimum atomic E-state index is -3.55. The van der Waals surface area contributed by atoms with Gasteiger partial charge >= 0.3 is 0 Å². The van der Waals surface area contributed by atoms with Crippen LogP contribution in [0.5, 0.6) is 0 Å². The summed E-state index contributed by atoms with van der Waals surface area (Å²) in [7, 11) is -3.55. The van der Waals surface area contributed by atoms with Gasteiger partial charge in [-0.05, 0) is 43.2 Å². The number of carbonyl (C=O) groups is 1. The SMILES string of the molecule is Cc1c(NC(=O)CCN2CCc3cc(S(=O)(=O)N4CCOCC4)ccc32)cccc1[N+](=O)[O-]. The van der Waals surface area contributed by atoms with Crippen molar-refractivity contribution in [3.8, 4) is 0 Å². The van der Waals surface area contributed by atoms with Crippen molar-refractivity contribution in [3.05, 3.63) is 57.6 Å². The molecule has 2 aliphatic heterocycles. The summed E-state index contributed by atoms with van der Waals surface area (Å²) >= 11 is 0. The van der Waals surface area contributed by atoms with Crippen LogP contribution in [0.2, 0.25) is 0 Å². The lowest BCUT2D eigenvalue weighted by Gasteiger charge is -2.26. The largest absolute Gasteiger partial charge is 0.379 e. The number of amides is 1. The van der Waals surface area contributed by atoms with Crippen molar-refractivity contribution in [3.63, 3.8) is 0 Å². The first-order chi connectivity index (χ1) is 15.8. The highest BCUT2D eigenvalue weighted by atomic mass is 32.2. The molecule has 1 amide bonds. The first kappa shape index (κ1) is 23.1. The van der Waals surface area contributed by atoms with E-state index >= 15 is 0 Å². The summed E-state index contributed by atoms with van der Waals surface area (Å²) < 4.78 is 32.5. The third kappa shape index (κ3) is 4.85. The van der Waals surface area contributed by atoms with E-state index in [1.807, 2.05) is 0 Å². The van der Waals surface area contributed by atoms with Crippen molar-refractivity contribution in [2.24, 2.45) is 0 Å². The molecule has 0 aliphatic carbocycles. The number of benzene rings is 2. The van der Waals surface area contributed by atoms with Gasteiger partial charge in [0.15, 0.2) is 0 Å². The summed E-state index contributed by atoms with van der Waals surface area (Å²) in [5.41, 5.74) is 2.67. The van der Waals surface area contributed by atoms with E-state index in [9.17, 15) is 23.3 Å². The quantitative estimate of drug-likeness (QED) is 0.483. The monoisotopic (exact) mass is 474 g/mol. The smallest absolute Gasteiger partial charge is 0.274 e. The van der Waals surface area contributed by atoms with E-state index in [4.69, 9.17) is 4.74 Å². The Hall–Kier alpha value is -3.02. The Bertz CT molecular complexity index is 1180. The van der Waals surface area contributed by atoms with Crippen molar-refractivity contribution >= 4 is 33.0 Å². The summed E-state index contributed by atoms with van der Waals surface area (Å²) in [5.74, 6) is -0.237. The zero-order valence-electron chi connectivity index (χ0n) is 18.3. The second kappa shape index (κ2) is 9.46. The molecule has 0 spiro atoms. The van der Waals surface area contributed by atoms with Crippen LogP contribution >= 0.6 is 0 Å². The van der Waals surface area contributed by atoms with Crippen LogP contribution in [0.1, 0.15) is 17.5 Å². The van der Waals surface area contributed by atoms with Gasteiger partial charge in [-0.2, -0.15) is 4.31 Å². The highest BCUT2D eigenvalue weighted by molar-refractivity contribution is 7.89. The van der Waals surface area contributed by atoms with Crippen LogP contribution in [0.15, 0.2) is 41.3 Å². The zero-order chi connectivity index (χ0) is 23.6. The first-order valence-electron chi connectivity index (χ1n) is 10.8. The number of hydrogen-bond acceptors (Lipinski definition) is 7. The molecule has 2 heterocycles. The number of rotatable bonds is 7. The second-order valence-electron chi connectivity index (χ2n) is 8.05. The molecule has 2 aromatic rings. The Balaban J connectivity index is 1.40. The maximum absolute atomic E-state index is 12.9. The zero-order valence-corrected chi connectivity index (χ0v) is 19.1. The number of fused-ring (bicyclic) bond motifs is 1. The fourth-order valence-corrected chi connectivity index (χ4v) is 5.64. The van der Waals surface area contributed by atoms with Crippen LogP contribution in [0.3, 0.4) is 0 Å². The van der Waals surface area contributed by atoms with Crippen molar-refractivity contribution in [2.45, 2.75) is 24.7 Å². The lowest BCUT2D eigenvalue weighted by molar-refractivity contribution is -0.385. The van der Waals surface area contributed by atoms with Gasteiger partial charge in [0.2, 0.25) is 15.9 Å². The number of nitrogens with zero attached hydrogens (tertiary/aromatic N) is 3. The number of sulfonamides is 1. The van der Waals surface area contributed by atoms with Crippen LogP contribution < -0.4 is 10.2 Å². The van der Waals surface area contributed by atoms with Gasteiger partial charge in [0.1, 0.15) is 0 Å². The molecule has 1 N–H and O–H groups in total. The molecule has 0 unspecified atom stereocenters. The first-order valence-corrected chi connectivity index (χ1v) is 12.2. The summed E-state index contributed by atoms with van der Waals surface area (Å²) in [5, 5.41) is 13.8. The third-order valence-electron chi connectivity index (χ3n) is 6.04. The van der Waals surface area contributed by atoms with Gasteiger partial charge in [0.05, 0.1) is 34.3 Å². The predicted octanol–water partition coefficient (Wildman–Crippen LogP) is 2.32. The van der Waals surface area contributed by atoms with Crippen LogP contribution in [0.25, 0.3) is 0 Å². The number of anilines is 2. The van der Waals surface area contributed by atoms with Gasteiger partial charge in [-0.15, -0.1) is 0 Å². The molecule has 2 aliphatic rings. The van der Waals surface area contributed by atoms with Crippen molar-refractivity contribution in [2.75, 3.05) is 49.6 Å². The summed E-state index contributed by atoms with van der Waals surface area (Å²) in [4.78, 5) is 25.4. The Kier molecular flexibility index (Phi) is 6.63. The number of hydrogen-bond donors (Lipinski definition) is 1. The number of nitro groups is 1. The molecule has 33 heavy (non-hydrogen) atoms. The minimum Gasteiger partial charge on any atom is -0.379 e. The molecule has 11 heteroatoms. The van der Waals surface area contributed by atoms with Crippen molar-refractivity contribution < 1.29 is 22.9 Å². The maximum atomic E-state index is 12.9. The number of nitrogens with one attached hydrogen (secondary N) is 1. The Morgan fingerprint density at radius 2 is 1.94 bits per heavy atom. The van der Waals surface area contributed by atoms with E-state index in [-0.39, 0.29) is 22.9 Å². The summed E-state index contributed by atoms with van der Waals surface area (Å²) in [6.45, 7) is 4.26. The Labute approximate surface area is 192 Å². The lowest BCUT2D eigenvalue weighted by atomic mass is 10.1. The molecule has 0 bridgehead atoms. The predicted molar refractivity (Wildman–Crippen MR) is 123 cm³/mol. The molecule has 4 rings (SSSR count). The number of nitro benzene ring substituents is 1. The molecule has 10 nitrogen and oxygen atoms in total. The van der Waals surface area contributed by atoms with Gasteiger partial charge in [0.25, 0.3) is 5.69 Å². The normalized spacial score (nSPS) is 16.5. The molecule has 176 valence electrons. The second-order valence-corrected chi connectivity index (χ2v) is 9.99. The Morgan fingerprint density at radius 1 is 1.18 bits per heavy atom. The Morgan fingerprint density at radius 3 is 2.67 bits per heavy atom. The summed E-state index contributed by atoms with van der Waals surface area (Å²) in [6, 6.07) is 9.74. The van der Waals surface area contributed by atoms with Crippen LogP contribution in [0.4, 0.5) is 17.1 Å². The fraction of sp³-hybridized carbons (Fsp3) is 0.409. The lowest BCUT2D eigenvalue weighted by Crippen LogP contribution is -2.40. The fourth-order valence-electron chi connectivity index (χ4n) is 4.18. The van der Waals surface area contributed by atoms with E-state index in [0.717, 1.165) is 11.3 Å². The highest BCUT2D eigenvalue weighted by Gasteiger charge is 2.28. The maximum Gasteiger partial charge on any atom is 0.274 e. The van der Waals surface area contributed by atoms with Gasteiger partial charge in [-0.3, -0.25) is 14.9 Å². The molecular formula is C22H26N4O6S. The number of carbonyl (C=O) groups excluding carboxylic acids is 1. The minimum absolute atomic E-state index is 0.0379. The molecule has 0 aromatic heterocycles. The van der Waals surface area contributed by atoms with Gasteiger partial charge in [-0.1, -0.05) is 6.07 Å². The van der Waals surface area contributed by atoms with E-state index in [1.165, 1.54) is 10.4 Å². The third-order valence-corrected chi connectivity index (χ3v) is 7.93. The van der Waals surface area contributed by atoms with E-state index < -0.39 is 14.9 Å². The van der Waals surface area contributed by atoms with Gasteiger partial charge in [0, 0.05) is 44.4 Å². The number of morpholine rings is 1. The van der Waals surface area contributed by atoms with Crippen LogP contribution in [-0.2, 0) is 26.0 Å². The average molecular weight is 475 g/mol. The standard InChI is InChI=1S/C22H26N4O6S/c1-16-19(3-2-4-20(16)26(28)29)23-22(27)8-10-24-9-7-17-15-18(5-6-21(17)24)33(30,31)25-11-13-32-14-12-25/h2-6,15H,7-14H2,1H3,(H,23,27). The van der Waals surface area contributed by atoms with Gasteiger partial charge in [-0.25, -0.2) is 8.42 Å². The van der Waals surface area contributed by atoms with E-state index in [2.05, 4.69) is 10.2 Å². The van der Waals surface area contributed by atoms with Crippen molar-refractivity contribution in [1.82, 2.24) is 4.31 Å². The molecule has 0 saturated carbocycles. The van der Waals surface area contributed by atoms with Crippen LogP contribution in [-0.4, -0.2) is 62.9 Å². The average Bonchev–Trinajstić information content (AvgIpc) is 3.22. The number of ether oxygens (including phenoxy) is 1. The van der Waals surface area contributed by atoms with Gasteiger partial charge < -0.3 is 15.0 Å². The molecule has 0 atom stereocenters. The van der Waals surface area contributed by atoms with E-state index in [1.54, 1.807) is 37.3 Å². The summed E-state index contributed by atoms with van der Waals surface area (Å²) in [6.07, 6.45) is 0.906. The van der Waals surface area contributed by atoms with Crippen molar-refractivity contribution in [1.29, 1.82) is 0 Å². The molecule has 2 aromatic carbocycles. The molecule has 1 saturated heterocycles. The topological polar surface area (TPSA) is 122 Å². The highest BCUT2D eigenvalue weighted by Crippen LogP contribution is 2.31. The van der Waals surface area contributed by atoms with E-state index in [0.29, 0.717) is 57.1 Å². The molecule has 0 radical (unpaired) electrons.